The highest BCUT2D eigenvalue weighted by Gasteiger charge is 2.25. The molecule has 2 aromatic rings. The first-order valence-corrected chi connectivity index (χ1v) is 8.62. The van der Waals surface area contributed by atoms with Crippen LogP contribution in [0.25, 0.3) is 0 Å². The van der Waals surface area contributed by atoms with Crippen LogP contribution < -0.4 is 15.4 Å². The number of nitrogens with zero attached hydrogens (tertiary/aromatic N) is 1. The lowest BCUT2D eigenvalue weighted by atomic mass is 10.1. The number of nitrogens with one attached hydrogen (secondary N) is 2. The molecule has 1 aliphatic heterocycles. The summed E-state index contributed by atoms with van der Waals surface area (Å²) >= 11 is 0. The van der Waals surface area contributed by atoms with Crippen LogP contribution in [0.1, 0.15) is 27.1 Å². The van der Waals surface area contributed by atoms with Gasteiger partial charge in [-0.25, -0.2) is 0 Å². The molecule has 0 aliphatic carbocycles. The third-order valence-electron chi connectivity index (χ3n) is 4.66. The van der Waals surface area contributed by atoms with E-state index in [0.29, 0.717) is 22.6 Å². The lowest BCUT2D eigenvalue weighted by Crippen LogP contribution is -2.38. The fourth-order valence-corrected chi connectivity index (χ4v) is 3.04. The maximum absolute atomic E-state index is 12.9. The molecule has 1 fully saturated rings. The molecule has 3 rings (SSSR count). The molecule has 1 atom stereocenters. The molecule has 6 nitrogen and oxygen atoms in total. The summed E-state index contributed by atoms with van der Waals surface area (Å²) < 4.78 is 5.11. The van der Waals surface area contributed by atoms with Gasteiger partial charge in [0.15, 0.2) is 0 Å². The predicted octanol–water partition coefficient (Wildman–Crippen LogP) is 2.38. The van der Waals surface area contributed by atoms with Crippen molar-refractivity contribution in [2.24, 2.45) is 0 Å². The molecule has 2 amide bonds. The number of hydrogen-bond donors (Lipinski definition) is 2. The van der Waals surface area contributed by atoms with E-state index in [0.717, 1.165) is 19.5 Å². The van der Waals surface area contributed by atoms with Crippen molar-refractivity contribution >= 4 is 17.5 Å². The van der Waals surface area contributed by atoms with Crippen LogP contribution in [0.2, 0.25) is 0 Å². The van der Waals surface area contributed by atoms with Crippen LogP contribution in [0.15, 0.2) is 48.5 Å². The topological polar surface area (TPSA) is 70.7 Å². The normalized spacial score (nSPS) is 16.2. The molecule has 1 unspecified atom stereocenters. The van der Waals surface area contributed by atoms with Gasteiger partial charge in [-0.05, 0) is 49.4 Å². The summed E-state index contributed by atoms with van der Waals surface area (Å²) in [6.45, 7) is 1.71. The van der Waals surface area contributed by atoms with E-state index >= 15 is 0 Å². The Hall–Kier alpha value is -2.86. The molecule has 0 spiro atoms. The smallest absolute Gasteiger partial charge is 0.256 e. The van der Waals surface area contributed by atoms with Crippen LogP contribution in [0, 0.1) is 0 Å². The van der Waals surface area contributed by atoms with Crippen molar-refractivity contribution in [2.75, 3.05) is 32.6 Å². The molecule has 1 saturated heterocycles. The molecule has 2 aromatic carbocycles. The number of likely N-dealkylation sites (N-methyl/N-ethyl adjacent to an activating group) is 1. The summed E-state index contributed by atoms with van der Waals surface area (Å²) in [7, 11) is 3.38. The molecular formula is C20H23N3O3. The average molecular weight is 353 g/mol. The summed E-state index contributed by atoms with van der Waals surface area (Å²) in [6.07, 6.45) is 0.933. The third-order valence-corrected chi connectivity index (χ3v) is 4.66. The Morgan fingerprint density at radius 1 is 1.15 bits per heavy atom. The molecule has 0 aromatic heterocycles. The zero-order valence-corrected chi connectivity index (χ0v) is 15.0. The second kappa shape index (κ2) is 8.01. The van der Waals surface area contributed by atoms with Gasteiger partial charge < -0.3 is 20.3 Å². The second-order valence-corrected chi connectivity index (χ2v) is 6.29. The molecular weight excluding hydrogens is 330 g/mol. The summed E-state index contributed by atoms with van der Waals surface area (Å²) in [5.74, 6) is 0.325. The Kier molecular flexibility index (Phi) is 5.53. The van der Waals surface area contributed by atoms with Gasteiger partial charge in [-0.1, -0.05) is 12.1 Å². The first-order chi connectivity index (χ1) is 12.6. The first-order valence-electron chi connectivity index (χ1n) is 8.62. The third kappa shape index (κ3) is 3.86. The fourth-order valence-electron chi connectivity index (χ4n) is 3.04. The molecule has 6 heteroatoms. The number of carbonyl (C=O) groups excluding carboxylic acids is 2. The van der Waals surface area contributed by atoms with E-state index in [2.05, 4.69) is 10.6 Å². The van der Waals surface area contributed by atoms with E-state index in [1.54, 1.807) is 60.5 Å². The zero-order valence-electron chi connectivity index (χ0n) is 15.0. The van der Waals surface area contributed by atoms with Crippen LogP contribution in [0.3, 0.4) is 0 Å². The Bertz CT molecular complexity index is 783. The monoisotopic (exact) mass is 353 g/mol. The van der Waals surface area contributed by atoms with Crippen molar-refractivity contribution in [1.82, 2.24) is 10.2 Å². The van der Waals surface area contributed by atoms with Gasteiger partial charge in [0, 0.05) is 25.2 Å². The maximum atomic E-state index is 12.9. The number of benzene rings is 2. The number of carbonyl (C=O) groups is 2. The molecule has 2 N–H and O–H groups in total. The zero-order chi connectivity index (χ0) is 18.5. The van der Waals surface area contributed by atoms with E-state index in [4.69, 9.17) is 4.74 Å². The Morgan fingerprint density at radius 2 is 1.88 bits per heavy atom. The minimum Gasteiger partial charge on any atom is -0.497 e. The van der Waals surface area contributed by atoms with Crippen molar-refractivity contribution < 1.29 is 14.3 Å². The molecule has 0 bridgehead atoms. The van der Waals surface area contributed by atoms with Crippen LogP contribution in [0.4, 0.5) is 5.69 Å². The SMILES string of the molecule is COc1ccc(C(=O)Nc2ccccc2C(=O)N(C)C2CCNC2)cc1. The van der Waals surface area contributed by atoms with E-state index in [1.165, 1.54) is 0 Å². The summed E-state index contributed by atoms with van der Waals surface area (Å²) in [5.41, 5.74) is 1.50. The molecule has 0 radical (unpaired) electrons. The number of hydrogen-bond acceptors (Lipinski definition) is 4. The molecule has 0 saturated carbocycles. The molecule has 1 heterocycles. The van der Waals surface area contributed by atoms with Crippen LogP contribution >= 0.6 is 0 Å². The minimum atomic E-state index is -0.266. The van der Waals surface area contributed by atoms with Crippen molar-refractivity contribution in [3.8, 4) is 5.75 Å². The highest BCUT2D eigenvalue weighted by molar-refractivity contribution is 6.09. The van der Waals surface area contributed by atoms with Gasteiger partial charge in [-0.3, -0.25) is 9.59 Å². The number of anilines is 1. The minimum absolute atomic E-state index is 0.0932. The van der Waals surface area contributed by atoms with Gasteiger partial charge >= 0.3 is 0 Å². The molecule has 136 valence electrons. The second-order valence-electron chi connectivity index (χ2n) is 6.29. The lowest BCUT2D eigenvalue weighted by molar-refractivity contribution is 0.0745. The number of rotatable bonds is 5. The number of methoxy groups -OCH3 is 1. The maximum Gasteiger partial charge on any atom is 0.256 e. The van der Waals surface area contributed by atoms with E-state index in [9.17, 15) is 9.59 Å². The number of amides is 2. The van der Waals surface area contributed by atoms with Crippen LogP contribution in [0.5, 0.6) is 5.75 Å². The van der Waals surface area contributed by atoms with E-state index < -0.39 is 0 Å². The summed E-state index contributed by atoms with van der Waals surface area (Å²) in [6, 6.07) is 14.1. The van der Waals surface area contributed by atoms with Gasteiger partial charge in [0.1, 0.15) is 5.75 Å². The summed E-state index contributed by atoms with van der Waals surface area (Å²) in [4.78, 5) is 27.2. The largest absolute Gasteiger partial charge is 0.497 e. The van der Waals surface area contributed by atoms with Gasteiger partial charge in [-0.15, -0.1) is 0 Å². The average Bonchev–Trinajstić information content (AvgIpc) is 3.22. The molecule has 26 heavy (non-hydrogen) atoms. The molecule has 1 aliphatic rings. The van der Waals surface area contributed by atoms with Gasteiger partial charge in [0.05, 0.1) is 18.4 Å². The lowest BCUT2D eigenvalue weighted by Gasteiger charge is -2.25. The van der Waals surface area contributed by atoms with Gasteiger partial charge in [-0.2, -0.15) is 0 Å². The van der Waals surface area contributed by atoms with Crippen LogP contribution in [-0.4, -0.2) is 50.0 Å². The fraction of sp³-hybridized carbons (Fsp3) is 0.300. The Labute approximate surface area is 153 Å². The van der Waals surface area contributed by atoms with Crippen LogP contribution in [-0.2, 0) is 0 Å². The van der Waals surface area contributed by atoms with Crippen molar-refractivity contribution in [1.29, 1.82) is 0 Å². The summed E-state index contributed by atoms with van der Waals surface area (Å²) in [5, 5.41) is 6.11. The predicted molar refractivity (Wildman–Crippen MR) is 101 cm³/mol. The Morgan fingerprint density at radius 3 is 2.54 bits per heavy atom. The van der Waals surface area contributed by atoms with Gasteiger partial charge in [0.2, 0.25) is 0 Å². The van der Waals surface area contributed by atoms with Crippen molar-refractivity contribution in [3.63, 3.8) is 0 Å². The first kappa shape index (κ1) is 17.9. The standard InChI is InChI=1S/C20H23N3O3/c1-23(15-11-12-21-13-15)20(25)17-5-3-4-6-18(17)22-19(24)14-7-9-16(26-2)10-8-14/h3-10,15,21H,11-13H2,1-2H3,(H,22,24). The van der Waals surface area contributed by atoms with E-state index in [1.807, 2.05) is 7.05 Å². The Balaban J connectivity index is 1.77. The van der Waals surface area contributed by atoms with Gasteiger partial charge in [0.25, 0.3) is 11.8 Å². The quantitative estimate of drug-likeness (QED) is 0.866. The number of ether oxygens (including phenoxy) is 1. The van der Waals surface area contributed by atoms with Crippen molar-refractivity contribution in [2.45, 2.75) is 12.5 Å². The highest BCUT2D eigenvalue weighted by Crippen LogP contribution is 2.21. The van der Waals surface area contributed by atoms with E-state index in [-0.39, 0.29) is 17.9 Å². The number of para-hydroxylation sites is 1. The van der Waals surface area contributed by atoms with Crippen molar-refractivity contribution in [3.05, 3.63) is 59.7 Å². The highest BCUT2D eigenvalue weighted by atomic mass is 16.5.